The van der Waals surface area contributed by atoms with Gasteiger partial charge in [0, 0.05) is 18.7 Å². The summed E-state index contributed by atoms with van der Waals surface area (Å²) in [4.78, 5) is 14.0. The molecule has 102 valence electrons. The minimum absolute atomic E-state index is 0.0366. The average molecular weight is 281 g/mol. The molecule has 1 aromatic rings. The van der Waals surface area contributed by atoms with Crippen LogP contribution in [-0.4, -0.2) is 30.1 Å². The molecule has 0 spiro atoms. The first-order valence-electron chi connectivity index (χ1n) is 6.65. The Morgan fingerprint density at radius 2 is 2.32 bits per heavy atom. The molecule has 0 bridgehead atoms. The highest BCUT2D eigenvalue weighted by Crippen LogP contribution is 2.37. The van der Waals surface area contributed by atoms with E-state index in [0.29, 0.717) is 11.6 Å². The predicted octanol–water partition coefficient (Wildman–Crippen LogP) is 1.55. The Kier molecular flexibility index (Phi) is 3.37. The molecular formula is C14H17ClN2O2. The Labute approximate surface area is 117 Å². The van der Waals surface area contributed by atoms with Gasteiger partial charge < -0.3 is 15.3 Å². The van der Waals surface area contributed by atoms with Crippen molar-refractivity contribution in [2.24, 2.45) is 5.92 Å². The van der Waals surface area contributed by atoms with Crippen LogP contribution in [-0.2, 0) is 11.4 Å². The number of hydrogen-bond acceptors (Lipinski definition) is 3. The van der Waals surface area contributed by atoms with E-state index < -0.39 is 0 Å². The molecule has 5 heteroatoms. The van der Waals surface area contributed by atoms with Gasteiger partial charge in [-0.1, -0.05) is 23.7 Å². The van der Waals surface area contributed by atoms with Crippen molar-refractivity contribution < 1.29 is 9.90 Å². The summed E-state index contributed by atoms with van der Waals surface area (Å²) in [6.45, 7) is 1.51. The molecule has 2 saturated heterocycles. The number of para-hydroxylation sites is 1. The normalized spacial score (nSPS) is 26.2. The van der Waals surface area contributed by atoms with Crippen LogP contribution in [0.5, 0.6) is 0 Å². The number of nitrogens with one attached hydrogen (secondary N) is 1. The van der Waals surface area contributed by atoms with Gasteiger partial charge in [-0.3, -0.25) is 4.79 Å². The lowest BCUT2D eigenvalue weighted by molar-refractivity contribution is -0.122. The van der Waals surface area contributed by atoms with E-state index in [9.17, 15) is 9.90 Å². The standard InChI is InChI=1S/C14H17ClN2O2/c15-11-5-1-3-9(8-18)13(11)17-6-2-4-10-12(17)7-16-14(10)19/h1,3,5,10,12,18H,2,4,6-8H2,(H,16,19). The molecule has 0 saturated carbocycles. The van der Waals surface area contributed by atoms with Crippen molar-refractivity contribution in [3.05, 3.63) is 28.8 Å². The largest absolute Gasteiger partial charge is 0.392 e. The molecule has 2 heterocycles. The number of anilines is 1. The van der Waals surface area contributed by atoms with Gasteiger partial charge in [-0.2, -0.15) is 0 Å². The SMILES string of the molecule is O=C1NCC2C1CCCN2c1c(Cl)cccc1CO. The van der Waals surface area contributed by atoms with Crippen molar-refractivity contribution in [2.45, 2.75) is 25.5 Å². The highest BCUT2D eigenvalue weighted by molar-refractivity contribution is 6.33. The molecule has 2 N–H and O–H groups in total. The molecular weight excluding hydrogens is 264 g/mol. The van der Waals surface area contributed by atoms with Crippen LogP contribution in [0, 0.1) is 5.92 Å². The lowest BCUT2D eigenvalue weighted by atomic mass is 9.90. The van der Waals surface area contributed by atoms with Gasteiger partial charge in [-0.15, -0.1) is 0 Å². The number of benzene rings is 1. The maximum absolute atomic E-state index is 11.8. The summed E-state index contributed by atoms with van der Waals surface area (Å²) < 4.78 is 0. The minimum atomic E-state index is -0.0366. The summed E-state index contributed by atoms with van der Waals surface area (Å²) in [5.41, 5.74) is 1.71. The molecule has 2 unspecified atom stereocenters. The number of carbonyl (C=O) groups excluding carboxylic acids is 1. The Hall–Kier alpha value is -1.26. The molecule has 0 aromatic heterocycles. The Morgan fingerprint density at radius 3 is 3.11 bits per heavy atom. The molecule has 2 atom stereocenters. The molecule has 1 aromatic carbocycles. The summed E-state index contributed by atoms with van der Waals surface area (Å²) in [6.07, 6.45) is 1.91. The van der Waals surface area contributed by atoms with Crippen molar-refractivity contribution in [2.75, 3.05) is 18.0 Å². The first kappa shape index (κ1) is 12.8. The molecule has 4 nitrogen and oxygen atoms in total. The van der Waals surface area contributed by atoms with Gasteiger partial charge in [0.1, 0.15) is 0 Å². The summed E-state index contributed by atoms with van der Waals surface area (Å²) in [5.74, 6) is 0.198. The van der Waals surface area contributed by atoms with Crippen molar-refractivity contribution in [1.29, 1.82) is 0 Å². The first-order valence-corrected chi connectivity index (χ1v) is 7.02. The number of hydrogen-bond donors (Lipinski definition) is 2. The summed E-state index contributed by atoms with van der Waals surface area (Å²) in [6, 6.07) is 5.72. The van der Waals surface area contributed by atoms with E-state index >= 15 is 0 Å². The number of rotatable bonds is 2. The van der Waals surface area contributed by atoms with E-state index in [2.05, 4.69) is 10.2 Å². The Bertz CT molecular complexity index is 506. The number of nitrogens with zero attached hydrogens (tertiary/aromatic N) is 1. The van der Waals surface area contributed by atoms with Gasteiger partial charge in [0.05, 0.1) is 29.3 Å². The maximum atomic E-state index is 11.8. The van der Waals surface area contributed by atoms with Gasteiger partial charge in [0.25, 0.3) is 0 Å². The molecule has 3 rings (SSSR count). The second-order valence-electron chi connectivity index (χ2n) is 5.16. The topological polar surface area (TPSA) is 52.6 Å². The van der Waals surface area contributed by atoms with Crippen LogP contribution in [0.3, 0.4) is 0 Å². The number of halogens is 1. The van der Waals surface area contributed by atoms with Crippen LogP contribution >= 0.6 is 11.6 Å². The number of piperidine rings is 1. The lowest BCUT2D eigenvalue weighted by Crippen LogP contribution is -2.46. The summed E-state index contributed by atoms with van der Waals surface area (Å²) in [7, 11) is 0. The van der Waals surface area contributed by atoms with E-state index in [-0.39, 0.29) is 24.5 Å². The smallest absolute Gasteiger partial charge is 0.225 e. The number of fused-ring (bicyclic) bond motifs is 1. The van der Waals surface area contributed by atoms with E-state index in [1.165, 1.54) is 0 Å². The fourth-order valence-corrected chi connectivity index (χ4v) is 3.54. The van der Waals surface area contributed by atoms with Crippen LogP contribution in [0.4, 0.5) is 5.69 Å². The fraction of sp³-hybridized carbons (Fsp3) is 0.500. The third-order valence-electron chi connectivity index (χ3n) is 4.13. The third-order valence-corrected chi connectivity index (χ3v) is 4.43. The fourth-order valence-electron chi connectivity index (χ4n) is 3.24. The van der Waals surface area contributed by atoms with Crippen LogP contribution in [0.25, 0.3) is 0 Å². The van der Waals surface area contributed by atoms with Gasteiger partial charge in [0.2, 0.25) is 5.91 Å². The quantitative estimate of drug-likeness (QED) is 0.864. The highest BCUT2D eigenvalue weighted by atomic mass is 35.5. The lowest BCUT2D eigenvalue weighted by Gasteiger charge is -2.39. The van der Waals surface area contributed by atoms with Crippen molar-refractivity contribution in [3.63, 3.8) is 0 Å². The van der Waals surface area contributed by atoms with Crippen LogP contribution in [0.15, 0.2) is 18.2 Å². The minimum Gasteiger partial charge on any atom is -0.392 e. The monoisotopic (exact) mass is 280 g/mol. The van der Waals surface area contributed by atoms with E-state index in [1.807, 2.05) is 18.2 Å². The summed E-state index contributed by atoms with van der Waals surface area (Å²) in [5, 5.41) is 13.1. The zero-order valence-electron chi connectivity index (χ0n) is 10.6. The van der Waals surface area contributed by atoms with Crippen molar-refractivity contribution in [1.82, 2.24) is 5.32 Å². The van der Waals surface area contributed by atoms with E-state index in [1.54, 1.807) is 0 Å². The maximum Gasteiger partial charge on any atom is 0.225 e. The van der Waals surface area contributed by atoms with Gasteiger partial charge in [-0.05, 0) is 18.9 Å². The van der Waals surface area contributed by atoms with Crippen LogP contribution in [0.2, 0.25) is 5.02 Å². The molecule has 2 fully saturated rings. The number of carbonyl (C=O) groups is 1. The van der Waals surface area contributed by atoms with Gasteiger partial charge >= 0.3 is 0 Å². The average Bonchev–Trinajstić information content (AvgIpc) is 2.80. The van der Waals surface area contributed by atoms with E-state index in [4.69, 9.17) is 11.6 Å². The molecule has 2 aliphatic rings. The molecule has 1 amide bonds. The molecule has 2 aliphatic heterocycles. The second-order valence-corrected chi connectivity index (χ2v) is 5.57. The Balaban J connectivity index is 1.99. The second kappa shape index (κ2) is 5.02. The highest BCUT2D eigenvalue weighted by Gasteiger charge is 2.41. The number of aliphatic hydroxyl groups excluding tert-OH is 1. The van der Waals surface area contributed by atoms with Gasteiger partial charge in [-0.25, -0.2) is 0 Å². The van der Waals surface area contributed by atoms with E-state index in [0.717, 1.165) is 30.6 Å². The summed E-state index contributed by atoms with van der Waals surface area (Å²) >= 11 is 6.31. The van der Waals surface area contributed by atoms with Crippen LogP contribution in [0.1, 0.15) is 18.4 Å². The first-order chi connectivity index (χ1) is 9.22. The number of aliphatic hydroxyl groups is 1. The molecule has 19 heavy (non-hydrogen) atoms. The number of amides is 1. The molecule has 0 aliphatic carbocycles. The van der Waals surface area contributed by atoms with Crippen LogP contribution < -0.4 is 10.2 Å². The Morgan fingerprint density at radius 1 is 1.47 bits per heavy atom. The van der Waals surface area contributed by atoms with Crippen molar-refractivity contribution in [3.8, 4) is 0 Å². The van der Waals surface area contributed by atoms with Crippen molar-refractivity contribution >= 4 is 23.2 Å². The van der Waals surface area contributed by atoms with Gasteiger partial charge in [0.15, 0.2) is 0 Å². The molecule has 0 radical (unpaired) electrons. The third kappa shape index (κ3) is 2.09. The zero-order valence-corrected chi connectivity index (χ0v) is 11.4. The zero-order chi connectivity index (χ0) is 13.4. The predicted molar refractivity (Wildman–Crippen MR) is 74.2 cm³/mol.